The van der Waals surface area contributed by atoms with Crippen LogP contribution in [0.1, 0.15) is 44.6 Å². The molecule has 1 atom stereocenters. The van der Waals surface area contributed by atoms with E-state index < -0.39 is 6.04 Å². The summed E-state index contributed by atoms with van der Waals surface area (Å²) in [7, 11) is 0. The Bertz CT molecular complexity index is 1190. The first-order valence-electron chi connectivity index (χ1n) is 12.1. The fraction of sp³-hybridized carbons (Fsp3) is 0.357. The zero-order chi connectivity index (χ0) is 24.8. The SMILES string of the molecule is C[C@@H](C(=O)NC1CCCCC1)N(Cc1ccc(Cl)c(Cl)c1)C(=O)COc1cccc2ccccc12. The van der Waals surface area contributed by atoms with Crippen LogP contribution in [0.15, 0.2) is 60.7 Å². The summed E-state index contributed by atoms with van der Waals surface area (Å²) in [6.07, 6.45) is 5.39. The van der Waals surface area contributed by atoms with Crippen LogP contribution in [0.4, 0.5) is 0 Å². The summed E-state index contributed by atoms with van der Waals surface area (Å²) in [5.41, 5.74) is 0.787. The van der Waals surface area contributed by atoms with Crippen LogP contribution in [-0.4, -0.2) is 35.4 Å². The third-order valence-electron chi connectivity index (χ3n) is 6.56. The summed E-state index contributed by atoms with van der Waals surface area (Å²) >= 11 is 12.3. The Kier molecular flexibility index (Phi) is 8.53. The van der Waals surface area contributed by atoms with Crippen molar-refractivity contribution in [1.29, 1.82) is 0 Å². The monoisotopic (exact) mass is 512 g/mol. The number of hydrogen-bond donors (Lipinski definition) is 1. The van der Waals surface area contributed by atoms with E-state index in [0.29, 0.717) is 15.8 Å². The van der Waals surface area contributed by atoms with Crippen molar-refractivity contribution in [3.05, 3.63) is 76.3 Å². The van der Waals surface area contributed by atoms with E-state index >= 15 is 0 Å². The minimum absolute atomic E-state index is 0.157. The number of benzene rings is 3. The first-order chi connectivity index (χ1) is 16.9. The molecule has 0 heterocycles. The molecule has 0 spiro atoms. The van der Waals surface area contributed by atoms with E-state index in [0.717, 1.165) is 42.0 Å². The van der Waals surface area contributed by atoms with Crippen LogP contribution < -0.4 is 10.1 Å². The maximum atomic E-state index is 13.4. The Hall–Kier alpha value is -2.76. The zero-order valence-corrected chi connectivity index (χ0v) is 21.3. The van der Waals surface area contributed by atoms with E-state index in [1.54, 1.807) is 24.0 Å². The van der Waals surface area contributed by atoms with E-state index in [2.05, 4.69) is 5.32 Å². The largest absolute Gasteiger partial charge is 0.483 e. The van der Waals surface area contributed by atoms with Gasteiger partial charge in [-0.15, -0.1) is 0 Å². The van der Waals surface area contributed by atoms with Gasteiger partial charge in [0.05, 0.1) is 10.0 Å². The number of carbonyl (C=O) groups is 2. The van der Waals surface area contributed by atoms with Gasteiger partial charge < -0.3 is 15.0 Å². The molecule has 5 nitrogen and oxygen atoms in total. The van der Waals surface area contributed by atoms with Crippen LogP contribution in [0.25, 0.3) is 10.8 Å². The first kappa shape index (κ1) is 25.3. The second kappa shape index (κ2) is 11.8. The Balaban J connectivity index is 1.51. The van der Waals surface area contributed by atoms with Gasteiger partial charge in [0.15, 0.2) is 6.61 Å². The molecule has 0 aliphatic heterocycles. The molecule has 1 aliphatic carbocycles. The van der Waals surface area contributed by atoms with Crippen molar-refractivity contribution in [1.82, 2.24) is 10.2 Å². The molecule has 1 aliphatic rings. The van der Waals surface area contributed by atoms with E-state index in [1.165, 1.54) is 6.42 Å². The molecule has 184 valence electrons. The Morgan fingerprint density at radius 3 is 2.51 bits per heavy atom. The average Bonchev–Trinajstić information content (AvgIpc) is 2.88. The molecule has 0 bridgehead atoms. The fourth-order valence-corrected chi connectivity index (χ4v) is 4.85. The van der Waals surface area contributed by atoms with Gasteiger partial charge >= 0.3 is 0 Å². The smallest absolute Gasteiger partial charge is 0.261 e. The van der Waals surface area contributed by atoms with Gasteiger partial charge in [-0.2, -0.15) is 0 Å². The fourth-order valence-electron chi connectivity index (χ4n) is 4.53. The summed E-state index contributed by atoms with van der Waals surface area (Å²) in [5.74, 6) is 0.191. The van der Waals surface area contributed by atoms with Gasteiger partial charge in [0, 0.05) is 18.0 Å². The maximum Gasteiger partial charge on any atom is 0.261 e. The Morgan fingerprint density at radius 1 is 1.00 bits per heavy atom. The average molecular weight is 513 g/mol. The summed E-state index contributed by atoms with van der Waals surface area (Å²) in [6.45, 7) is 1.79. The number of ether oxygens (including phenoxy) is 1. The molecule has 0 radical (unpaired) electrons. The molecule has 0 unspecified atom stereocenters. The number of carbonyl (C=O) groups excluding carboxylic acids is 2. The van der Waals surface area contributed by atoms with E-state index in [1.807, 2.05) is 48.5 Å². The van der Waals surface area contributed by atoms with Crippen LogP contribution in [0.2, 0.25) is 10.0 Å². The highest BCUT2D eigenvalue weighted by molar-refractivity contribution is 6.42. The third-order valence-corrected chi connectivity index (χ3v) is 7.30. The normalized spacial score (nSPS) is 14.9. The van der Waals surface area contributed by atoms with Crippen molar-refractivity contribution in [3.63, 3.8) is 0 Å². The number of rotatable bonds is 8. The third kappa shape index (κ3) is 6.47. The van der Waals surface area contributed by atoms with Crippen molar-refractivity contribution in [2.45, 2.75) is 57.7 Å². The molecule has 1 saturated carbocycles. The van der Waals surface area contributed by atoms with Crippen LogP contribution in [0, 0.1) is 0 Å². The van der Waals surface area contributed by atoms with Gasteiger partial charge in [0.25, 0.3) is 5.91 Å². The Labute approximate surface area is 216 Å². The van der Waals surface area contributed by atoms with Gasteiger partial charge in [-0.25, -0.2) is 0 Å². The maximum absolute atomic E-state index is 13.4. The topological polar surface area (TPSA) is 58.6 Å². The van der Waals surface area contributed by atoms with Gasteiger partial charge in [0.2, 0.25) is 5.91 Å². The van der Waals surface area contributed by atoms with Gasteiger partial charge in [-0.3, -0.25) is 9.59 Å². The van der Waals surface area contributed by atoms with Crippen molar-refractivity contribution < 1.29 is 14.3 Å². The van der Waals surface area contributed by atoms with Crippen LogP contribution >= 0.6 is 23.2 Å². The molecule has 35 heavy (non-hydrogen) atoms. The molecule has 1 N–H and O–H groups in total. The number of nitrogens with zero attached hydrogens (tertiary/aromatic N) is 1. The molecule has 7 heteroatoms. The minimum Gasteiger partial charge on any atom is -0.483 e. The lowest BCUT2D eigenvalue weighted by Crippen LogP contribution is -2.51. The van der Waals surface area contributed by atoms with E-state index in [4.69, 9.17) is 27.9 Å². The van der Waals surface area contributed by atoms with Crippen molar-refractivity contribution >= 4 is 45.8 Å². The second-order valence-corrected chi connectivity index (χ2v) is 9.87. The molecule has 3 aromatic carbocycles. The summed E-state index contributed by atoms with van der Waals surface area (Å²) in [4.78, 5) is 28.1. The lowest BCUT2D eigenvalue weighted by Gasteiger charge is -2.31. The lowest BCUT2D eigenvalue weighted by atomic mass is 9.95. The standard InChI is InChI=1S/C28H30Cl2N2O3/c1-19(28(34)31-22-10-3-2-4-11-22)32(17-20-14-15-24(29)25(30)16-20)27(33)18-35-26-13-7-9-21-8-5-6-12-23(21)26/h5-9,12-16,19,22H,2-4,10-11,17-18H2,1H3,(H,31,34)/t19-/m0/s1. The highest BCUT2D eigenvalue weighted by Gasteiger charge is 2.28. The number of amides is 2. The predicted octanol–water partition coefficient (Wildman–Crippen LogP) is 6.39. The second-order valence-electron chi connectivity index (χ2n) is 9.06. The van der Waals surface area contributed by atoms with E-state index in [9.17, 15) is 9.59 Å². The molecule has 4 rings (SSSR count). The molecular formula is C28H30Cl2N2O3. The number of nitrogens with one attached hydrogen (secondary N) is 1. The molecule has 1 fully saturated rings. The highest BCUT2D eigenvalue weighted by Crippen LogP contribution is 2.26. The van der Waals surface area contributed by atoms with Gasteiger partial charge in [-0.1, -0.05) is 84.9 Å². The molecule has 3 aromatic rings. The van der Waals surface area contributed by atoms with E-state index in [-0.39, 0.29) is 31.0 Å². The zero-order valence-electron chi connectivity index (χ0n) is 19.8. The molecule has 2 amide bonds. The lowest BCUT2D eigenvalue weighted by molar-refractivity contribution is -0.142. The number of fused-ring (bicyclic) bond motifs is 1. The summed E-state index contributed by atoms with van der Waals surface area (Å²) in [5, 5.41) is 5.95. The molecule has 0 saturated heterocycles. The van der Waals surface area contributed by atoms with Gasteiger partial charge in [-0.05, 0) is 48.9 Å². The predicted molar refractivity (Wildman–Crippen MR) is 141 cm³/mol. The van der Waals surface area contributed by atoms with Crippen LogP contribution in [0.5, 0.6) is 5.75 Å². The quantitative estimate of drug-likeness (QED) is 0.380. The first-order valence-corrected chi connectivity index (χ1v) is 12.8. The highest BCUT2D eigenvalue weighted by atomic mass is 35.5. The number of halogens is 2. The number of hydrogen-bond acceptors (Lipinski definition) is 3. The summed E-state index contributed by atoms with van der Waals surface area (Å²) < 4.78 is 5.95. The summed E-state index contributed by atoms with van der Waals surface area (Å²) in [6, 6.07) is 18.3. The Morgan fingerprint density at radius 2 is 1.74 bits per heavy atom. The van der Waals surface area contributed by atoms with Gasteiger partial charge in [0.1, 0.15) is 11.8 Å². The van der Waals surface area contributed by atoms with Crippen molar-refractivity contribution in [2.75, 3.05) is 6.61 Å². The van der Waals surface area contributed by atoms with Crippen molar-refractivity contribution in [3.8, 4) is 5.75 Å². The molecule has 0 aromatic heterocycles. The van der Waals surface area contributed by atoms with Crippen molar-refractivity contribution in [2.24, 2.45) is 0 Å². The molecular weight excluding hydrogens is 483 g/mol. The van der Waals surface area contributed by atoms with Crippen LogP contribution in [-0.2, 0) is 16.1 Å². The minimum atomic E-state index is -0.671. The van der Waals surface area contributed by atoms with Crippen LogP contribution in [0.3, 0.4) is 0 Å².